The zero-order chi connectivity index (χ0) is 48.1. The van der Waals surface area contributed by atoms with Gasteiger partial charge in [0.15, 0.2) is 0 Å². The molecule has 1 unspecified atom stereocenters. The second-order valence-corrected chi connectivity index (χ2v) is 20.0. The highest BCUT2D eigenvalue weighted by Crippen LogP contribution is 2.41. The van der Waals surface area contributed by atoms with Crippen molar-refractivity contribution in [1.29, 1.82) is 0 Å². The van der Waals surface area contributed by atoms with E-state index in [0.29, 0.717) is 37.5 Å². The van der Waals surface area contributed by atoms with E-state index in [1.165, 1.54) is 6.07 Å². The molecule has 0 saturated carbocycles. The van der Waals surface area contributed by atoms with E-state index in [-0.39, 0.29) is 47.4 Å². The molecular formula is C53H63FN10O5. The predicted molar refractivity (Wildman–Crippen MR) is 263 cm³/mol. The zero-order valence-electron chi connectivity index (χ0n) is 40.2. The summed E-state index contributed by atoms with van der Waals surface area (Å²) in [5.41, 5.74) is 8.20. The number of imide groups is 1. The Balaban J connectivity index is 0.682. The molecule has 5 aromatic rings. The smallest absolute Gasteiger partial charge is 0.257 e. The van der Waals surface area contributed by atoms with Crippen molar-refractivity contribution in [2.75, 3.05) is 76.2 Å². The number of carbonyl (C=O) groups excluding carboxylic acids is 4. The number of pyridine rings is 2. The fourth-order valence-corrected chi connectivity index (χ4v) is 11.7. The molecular weight excluding hydrogens is 876 g/mol. The molecule has 362 valence electrons. The van der Waals surface area contributed by atoms with Gasteiger partial charge in [-0.1, -0.05) is 12.1 Å². The van der Waals surface area contributed by atoms with Crippen LogP contribution in [0.2, 0.25) is 0 Å². The Labute approximate surface area is 402 Å². The quantitative estimate of drug-likeness (QED) is 0.162. The molecule has 4 amide bonds. The van der Waals surface area contributed by atoms with Gasteiger partial charge in [0.2, 0.25) is 17.7 Å². The van der Waals surface area contributed by atoms with Crippen LogP contribution in [0.25, 0.3) is 16.7 Å². The minimum absolute atomic E-state index is 0.0750. The molecule has 5 aliphatic heterocycles. The molecule has 0 spiro atoms. The number of piperidine rings is 3. The lowest BCUT2D eigenvalue weighted by Crippen LogP contribution is -2.53. The average Bonchev–Trinajstić information content (AvgIpc) is 3.79. The van der Waals surface area contributed by atoms with Crippen molar-refractivity contribution in [3.05, 3.63) is 117 Å². The van der Waals surface area contributed by atoms with E-state index in [1.807, 2.05) is 50.1 Å². The van der Waals surface area contributed by atoms with E-state index >= 15 is 4.39 Å². The maximum atomic E-state index is 16.1. The fraction of sp³-hybridized carbons (Fsp3) is 0.472. The number of hydrogen-bond donors (Lipinski definition) is 2. The van der Waals surface area contributed by atoms with Crippen LogP contribution in [0.15, 0.2) is 71.8 Å². The Kier molecular flexibility index (Phi) is 13.0. The molecule has 4 fully saturated rings. The number of aryl methyl sites for hydroxylation is 2. The minimum Gasteiger partial charge on any atom is -0.388 e. The normalized spacial score (nSPS) is 21.3. The third-order valence-electron chi connectivity index (χ3n) is 15.7. The maximum absolute atomic E-state index is 16.1. The van der Waals surface area contributed by atoms with Crippen molar-refractivity contribution in [3.63, 3.8) is 0 Å². The third kappa shape index (κ3) is 9.21. The summed E-state index contributed by atoms with van der Waals surface area (Å²) in [6.07, 6.45) is 7.58. The molecule has 2 N–H and O–H groups in total. The second-order valence-electron chi connectivity index (χ2n) is 20.0. The number of piperazine rings is 1. The van der Waals surface area contributed by atoms with Crippen LogP contribution in [-0.4, -0.2) is 129 Å². The van der Waals surface area contributed by atoms with Crippen LogP contribution in [0, 0.1) is 18.7 Å². The number of hydrogen-bond acceptors (Lipinski definition) is 10. The molecule has 0 bridgehead atoms. The number of anilines is 2. The van der Waals surface area contributed by atoms with E-state index < -0.39 is 11.9 Å². The lowest BCUT2D eigenvalue weighted by molar-refractivity contribution is -0.135. The van der Waals surface area contributed by atoms with Crippen LogP contribution in [0.4, 0.5) is 15.8 Å². The molecule has 4 saturated heterocycles. The molecule has 3 aromatic heterocycles. The zero-order valence-corrected chi connectivity index (χ0v) is 40.2. The number of halogens is 1. The highest BCUT2D eigenvalue weighted by molar-refractivity contribution is 6.12. The highest BCUT2D eigenvalue weighted by atomic mass is 19.1. The van der Waals surface area contributed by atoms with E-state index in [2.05, 4.69) is 53.1 Å². The van der Waals surface area contributed by atoms with Crippen LogP contribution < -0.4 is 21.1 Å². The van der Waals surface area contributed by atoms with Crippen molar-refractivity contribution < 1.29 is 23.6 Å². The van der Waals surface area contributed by atoms with E-state index in [9.17, 15) is 24.0 Å². The number of benzene rings is 2. The van der Waals surface area contributed by atoms with Crippen molar-refractivity contribution in [2.45, 2.75) is 83.3 Å². The first-order valence-corrected chi connectivity index (χ1v) is 24.7. The molecule has 15 nitrogen and oxygen atoms in total. The molecule has 2 aromatic carbocycles. The molecule has 69 heavy (non-hydrogen) atoms. The van der Waals surface area contributed by atoms with Crippen LogP contribution in [-0.2, 0) is 34.5 Å². The molecule has 2 atom stereocenters. The van der Waals surface area contributed by atoms with Crippen LogP contribution in [0.1, 0.15) is 95.6 Å². The lowest BCUT2D eigenvalue weighted by Gasteiger charge is -2.39. The molecule has 5 aliphatic rings. The Morgan fingerprint density at radius 1 is 0.826 bits per heavy atom. The topological polar surface area (TPSA) is 148 Å². The second kappa shape index (κ2) is 19.3. The van der Waals surface area contributed by atoms with Gasteiger partial charge in [0, 0.05) is 126 Å². The first kappa shape index (κ1) is 46.5. The van der Waals surface area contributed by atoms with Crippen molar-refractivity contribution >= 4 is 46.0 Å². The standard InChI is InChI=1S/C53H63FN10O5/c1-33-25-38(27-43(54)49(33)37-12-16-59(17-13-37)32-40-29-42-44(9-15-56-50(42)58(40)4)63-20-14-39(55-3)28-48(63)66)53(69)62-18-10-35(11-19-62)30-60-21-23-61(24-22-60)31-36-5-6-45-41(26-36)34(2)52(68)64(45)46-7-8-47(65)57-51(46)67/h5-6,9,14-15,20,25-29,34-35,37,46,55H,7-8,10-13,16-19,21-24,30-32H2,1-4H3,(H,57,65,67)/t34?,46-/m0/s1. The van der Waals surface area contributed by atoms with Gasteiger partial charge in [0.05, 0.1) is 11.6 Å². The predicted octanol–water partition coefficient (Wildman–Crippen LogP) is 5.52. The number of nitrogens with zero attached hydrogens (tertiary/aromatic N) is 8. The van der Waals surface area contributed by atoms with Gasteiger partial charge in [-0.15, -0.1) is 0 Å². The van der Waals surface area contributed by atoms with Crippen molar-refractivity contribution in [2.24, 2.45) is 13.0 Å². The van der Waals surface area contributed by atoms with E-state index in [1.54, 1.807) is 35.0 Å². The summed E-state index contributed by atoms with van der Waals surface area (Å²) in [7, 11) is 3.80. The monoisotopic (exact) mass is 938 g/mol. The summed E-state index contributed by atoms with van der Waals surface area (Å²) in [5.74, 6) is -0.942. The Bertz CT molecular complexity index is 2850. The number of carbonyl (C=O) groups is 4. The molecule has 0 aliphatic carbocycles. The van der Waals surface area contributed by atoms with E-state index in [4.69, 9.17) is 0 Å². The van der Waals surface area contributed by atoms with Gasteiger partial charge in [-0.2, -0.15) is 0 Å². The maximum Gasteiger partial charge on any atom is 0.257 e. The summed E-state index contributed by atoms with van der Waals surface area (Å²) in [6.45, 7) is 13.1. The van der Waals surface area contributed by atoms with Crippen LogP contribution in [0.5, 0.6) is 0 Å². The Hall–Kier alpha value is -6.23. The van der Waals surface area contributed by atoms with Crippen LogP contribution in [0.3, 0.4) is 0 Å². The summed E-state index contributed by atoms with van der Waals surface area (Å²) >= 11 is 0. The molecule has 10 rings (SSSR count). The van der Waals surface area contributed by atoms with Crippen LogP contribution >= 0.6 is 0 Å². The largest absolute Gasteiger partial charge is 0.388 e. The number of rotatable bonds is 11. The van der Waals surface area contributed by atoms with Crippen molar-refractivity contribution in [3.8, 4) is 5.69 Å². The SMILES string of the molecule is CNc1ccn(-c2ccnc3c2cc(CN2CCC(c4c(C)cc(C(=O)N5CCC(CN6CCN(Cc7ccc8c(c7)C(C)C(=O)N8[C@H]7CCC(=O)NC7=O)CC6)CC5)cc4F)CC2)n3C)c(=O)c1. The number of nitrogens with one attached hydrogen (secondary N) is 2. The van der Waals surface area contributed by atoms with Gasteiger partial charge < -0.3 is 19.7 Å². The number of likely N-dealkylation sites (tertiary alicyclic amines) is 2. The summed E-state index contributed by atoms with van der Waals surface area (Å²) < 4.78 is 19.8. The fourth-order valence-electron chi connectivity index (χ4n) is 11.7. The van der Waals surface area contributed by atoms with Gasteiger partial charge >= 0.3 is 0 Å². The van der Waals surface area contributed by atoms with Gasteiger partial charge in [-0.25, -0.2) is 9.37 Å². The molecule has 16 heteroatoms. The number of aromatic nitrogens is 3. The van der Waals surface area contributed by atoms with Gasteiger partial charge in [0.1, 0.15) is 17.5 Å². The number of amides is 4. The molecule has 8 heterocycles. The lowest BCUT2D eigenvalue weighted by atomic mass is 9.85. The summed E-state index contributed by atoms with van der Waals surface area (Å²) in [5, 5.41) is 6.32. The van der Waals surface area contributed by atoms with Gasteiger partial charge in [-0.05, 0) is 130 Å². The van der Waals surface area contributed by atoms with E-state index in [0.717, 1.165) is 134 Å². The number of fused-ring (bicyclic) bond motifs is 2. The average molecular weight is 939 g/mol. The Morgan fingerprint density at radius 2 is 1.57 bits per heavy atom. The third-order valence-corrected chi connectivity index (χ3v) is 15.7. The molecule has 0 radical (unpaired) electrons. The first-order chi connectivity index (χ1) is 33.3. The Morgan fingerprint density at radius 3 is 2.28 bits per heavy atom. The minimum atomic E-state index is -0.659. The highest BCUT2D eigenvalue weighted by Gasteiger charge is 2.43. The van der Waals surface area contributed by atoms with Gasteiger partial charge in [0.25, 0.3) is 11.5 Å². The first-order valence-electron chi connectivity index (χ1n) is 24.7. The summed E-state index contributed by atoms with van der Waals surface area (Å²) in [4.78, 5) is 80.0. The van der Waals surface area contributed by atoms with Crippen molar-refractivity contribution in [1.82, 2.24) is 39.0 Å². The summed E-state index contributed by atoms with van der Waals surface area (Å²) in [6, 6.07) is 16.3. The van der Waals surface area contributed by atoms with Gasteiger partial charge in [-0.3, -0.25) is 48.6 Å².